The molecule has 0 bridgehead atoms. The van der Waals surface area contributed by atoms with Gasteiger partial charge in [0.2, 0.25) is 0 Å². The third kappa shape index (κ3) is 4.03. The molecule has 0 amide bonds. The van der Waals surface area contributed by atoms with Gasteiger partial charge in [-0.15, -0.1) is 0 Å². The van der Waals surface area contributed by atoms with E-state index in [1.165, 1.54) is 0 Å². The second-order valence-corrected chi connectivity index (χ2v) is 7.31. The van der Waals surface area contributed by atoms with Crippen LogP contribution in [0.5, 0.6) is 0 Å². The summed E-state index contributed by atoms with van der Waals surface area (Å²) < 4.78 is 22.8. The number of hydrogen-bond donors (Lipinski definition) is 2. The van der Waals surface area contributed by atoms with Crippen molar-refractivity contribution in [3.05, 3.63) is 0 Å². The summed E-state index contributed by atoms with van der Waals surface area (Å²) in [5, 5.41) is 3.38. The van der Waals surface area contributed by atoms with Crippen LogP contribution >= 0.6 is 0 Å². The van der Waals surface area contributed by atoms with Gasteiger partial charge in [-0.25, -0.2) is 8.42 Å². The molecule has 1 rings (SSSR count). The molecule has 1 aliphatic heterocycles. The smallest absolute Gasteiger partial charge is 0.152 e. The highest BCUT2D eigenvalue weighted by Gasteiger charge is 2.37. The van der Waals surface area contributed by atoms with E-state index in [0.29, 0.717) is 18.2 Å². The van der Waals surface area contributed by atoms with Crippen LogP contribution in [0.4, 0.5) is 0 Å². The van der Waals surface area contributed by atoms with E-state index in [1.54, 1.807) is 0 Å². The molecule has 0 aromatic heterocycles. The zero-order valence-electron chi connectivity index (χ0n) is 10.3. The highest BCUT2D eigenvalue weighted by molar-refractivity contribution is 7.91. The maximum absolute atomic E-state index is 11.4. The monoisotopic (exact) mass is 248 g/mol. The molecular formula is C11H24N2O2S. The second kappa shape index (κ2) is 5.47. The van der Waals surface area contributed by atoms with Crippen molar-refractivity contribution < 1.29 is 8.42 Å². The topological polar surface area (TPSA) is 72.2 Å². The first-order valence-corrected chi connectivity index (χ1v) is 7.88. The molecule has 1 fully saturated rings. The van der Waals surface area contributed by atoms with E-state index < -0.39 is 9.84 Å². The van der Waals surface area contributed by atoms with E-state index in [2.05, 4.69) is 12.2 Å². The summed E-state index contributed by atoms with van der Waals surface area (Å²) in [7, 11) is -2.80. The average molecular weight is 248 g/mol. The molecule has 2 atom stereocenters. The van der Waals surface area contributed by atoms with Gasteiger partial charge in [0.25, 0.3) is 0 Å². The van der Waals surface area contributed by atoms with E-state index in [0.717, 1.165) is 25.8 Å². The summed E-state index contributed by atoms with van der Waals surface area (Å²) in [4.78, 5) is 0. The zero-order valence-corrected chi connectivity index (χ0v) is 11.1. The molecule has 4 nitrogen and oxygen atoms in total. The van der Waals surface area contributed by atoms with Crippen molar-refractivity contribution >= 4 is 9.84 Å². The lowest BCUT2D eigenvalue weighted by Gasteiger charge is -2.25. The standard InChI is InChI=1S/C11H24N2O2S/c1-3-10(8-12)4-6-13-11(2)5-7-16(14,15)9-11/h10,13H,3-9,12H2,1-2H3. The van der Waals surface area contributed by atoms with Gasteiger partial charge < -0.3 is 11.1 Å². The third-order valence-corrected chi connectivity index (χ3v) is 5.42. The van der Waals surface area contributed by atoms with E-state index in [1.807, 2.05) is 6.92 Å². The van der Waals surface area contributed by atoms with Crippen LogP contribution in [-0.4, -0.2) is 38.6 Å². The average Bonchev–Trinajstić information content (AvgIpc) is 2.48. The summed E-state index contributed by atoms with van der Waals surface area (Å²) in [5.74, 6) is 1.15. The molecule has 0 aliphatic carbocycles. The lowest BCUT2D eigenvalue weighted by Crippen LogP contribution is -2.44. The maximum atomic E-state index is 11.4. The Morgan fingerprint density at radius 2 is 2.19 bits per heavy atom. The van der Waals surface area contributed by atoms with E-state index in [4.69, 9.17) is 5.73 Å². The Kier molecular flexibility index (Phi) is 4.76. The van der Waals surface area contributed by atoms with Crippen molar-refractivity contribution in [1.29, 1.82) is 0 Å². The Bertz CT molecular complexity index is 312. The highest BCUT2D eigenvalue weighted by atomic mass is 32.2. The van der Waals surface area contributed by atoms with Crippen molar-refractivity contribution in [2.24, 2.45) is 11.7 Å². The number of nitrogens with two attached hydrogens (primary N) is 1. The van der Waals surface area contributed by atoms with Gasteiger partial charge in [-0.3, -0.25) is 0 Å². The van der Waals surface area contributed by atoms with Crippen molar-refractivity contribution in [1.82, 2.24) is 5.32 Å². The molecular weight excluding hydrogens is 224 g/mol. The fourth-order valence-corrected chi connectivity index (χ4v) is 4.34. The Morgan fingerprint density at radius 1 is 1.50 bits per heavy atom. The van der Waals surface area contributed by atoms with Crippen molar-refractivity contribution in [2.75, 3.05) is 24.6 Å². The van der Waals surface area contributed by atoms with Crippen LogP contribution in [0.15, 0.2) is 0 Å². The normalized spacial score (nSPS) is 30.4. The molecule has 1 saturated heterocycles. The summed E-state index contributed by atoms with van der Waals surface area (Å²) in [6.07, 6.45) is 2.85. The van der Waals surface area contributed by atoms with Crippen LogP contribution in [0.2, 0.25) is 0 Å². The third-order valence-electron chi connectivity index (χ3n) is 3.52. The van der Waals surface area contributed by atoms with Gasteiger partial charge in [0.1, 0.15) is 0 Å². The molecule has 5 heteroatoms. The predicted octanol–water partition coefficient (Wildman–Crippen LogP) is 0.528. The predicted molar refractivity (Wildman–Crippen MR) is 67.1 cm³/mol. The van der Waals surface area contributed by atoms with E-state index >= 15 is 0 Å². The minimum absolute atomic E-state index is 0.217. The molecule has 1 aliphatic rings. The van der Waals surface area contributed by atoms with Gasteiger partial charge in [0.05, 0.1) is 11.5 Å². The Hall–Kier alpha value is -0.130. The minimum Gasteiger partial charge on any atom is -0.330 e. The van der Waals surface area contributed by atoms with Crippen LogP contribution in [0.1, 0.15) is 33.1 Å². The fourth-order valence-electron chi connectivity index (χ4n) is 2.22. The largest absolute Gasteiger partial charge is 0.330 e. The van der Waals surface area contributed by atoms with Gasteiger partial charge in [0.15, 0.2) is 9.84 Å². The molecule has 2 unspecified atom stereocenters. The Labute approximate surface area is 98.9 Å². The lowest BCUT2D eigenvalue weighted by atomic mass is 9.99. The maximum Gasteiger partial charge on any atom is 0.152 e. The van der Waals surface area contributed by atoms with Crippen molar-refractivity contribution in [3.8, 4) is 0 Å². The molecule has 0 aromatic carbocycles. The summed E-state index contributed by atoms with van der Waals surface area (Å²) in [6, 6.07) is 0. The molecule has 0 saturated carbocycles. The Balaban J connectivity index is 2.33. The van der Waals surface area contributed by atoms with Gasteiger partial charge in [-0.05, 0) is 38.8 Å². The first kappa shape index (κ1) is 13.9. The summed E-state index contributed by atoms with van der Waals surface area (Å²) in [5.41, 5.74) is 5.41. The van der Waals surface area contributed by atoms with Gasteiger partial charge in [-0.1, -0.05) is 13.3 Å². The first-order chi connectivity index (χ1) is 7.41. The van der Waals surface area contributed by atoms with E-state index in [9.17, 15) is 8.42 Å². The quantitative estimate of drug-likeness (QED) is 0.719. The number of hydrogen-bond acceptors (Lipinski definition) is 4. The number of sulfone groups is 1. The van der Waals surface area contributed by atoms with Crippen LogP contribution < -0.4 is 11.1 Å². The molecule has 1 heterocycles. The summed E-state index contributed by atoms with van der Waals surface area (Å²) >= 11 is 0. The zero-order chi connectivity index (χ0) is 12.2. The number of rotatable bonds is 6. The molecule has 0 aromatic rings. The van der Waals surface area contributed by atoms with Gasteiger partial charge in [-0.2, -0.15) is 0 Å². The molecule has 3 N–H and O–H groups in total. The first-order valence-electron chi connectivity index (χ1n) is 6.06. The van der Waals surface area contributed by atoms with E-state index in [-0.39, 0.29) is 11.3 Å². The van der Waals surface area contributed by atoms with Crippen LogP contribution in [0.3, 0.4) is 0 Å². The van der Waals surface area contributed by atoms with Crippen LogP contribution in [0.25, 0.3) is 0 Å². The molecule has 0 spiro atoms. The van der Waals surface area contributed by atoms with Gasteiger partial charge >= 0.3 is 0 Å². The van der Waals surface area contributed by atoms with Crippen LogP contribution in [-0.2, 0) is 9.84 Å². The molecule has 16 heavy (non-hydrogen) atoms. The van der Waals surface area contributed by atoms with Crippen LogP contribution in [0, 0.1) is 5.92 Å². The fraction of sp³-hybridized carbons (Fsp3) is 1.00. The molecule has 96 valence electrons. The lowest BCUT2D eigenvalue weighted by molar-refractivity contribution is 0.365. The highest BCUT2D eigenvalue weighted by Crippen LogP contribution is 2.22. The Morgan fingerprint density at radius 3 is 2.62 bits per heavy atom. The molecule has 0 radical (unpaired) electrons. The van der Waals surface area contributed by atoms with Gasteiger partial charge in [0, 0.05) is 5.54 Å². The number of nitrogens with one attached hydrogen (secondary N) is 1. The van der Waals surface area contributed by atoms with Crippen molar-refractivity contribution in [2.45, 2.75) is 38.6 Å². The summed E-state index contributed by atoms with van der Waals surface area (Å²) in [6.45, 7) is 5.72. The SMILES string of the molecule is CCC(CN)CCNC1(C)CCS(=O)(=O)C1. The van der Waals surface area contributed by atoms with Crippen molar-refractivity contribution in [3.63, 3.8) is 0 Å². The second-order valence-electron chi connectivity index (χ2n) is 5.13. The minimum atomic E-state index is -2.80.